The molecule has 2 rings (SSSR count). The molecule has 0 unspecified atom stereocenters. The standard InChI is InChI=1S/C13H17NO2/c1-4-14-6-5-10-7-12(15-2)13(16-3)8-11(10)9-14/h4,7-8H,1,5-6,9H2,2-3H3. The Bertz CT molecular complexity index is 401. The van der Waals surface area contributed by atoms with Crippen LogP contribution in [0, 0.1) is 0 Å². The molecule has 1 aliphatic heterocycles. The van der Waals surface area contributed by atoms with Gasteiger partial charge in [0, 0.05) is 13.1 Å². The van der Waals surface area contributed by atoms with Crippen molar-refractivity contribution in [2.45, 2.75) is 13.0 Å². The molecule has 0 saturated carbocycles. The molecule has 1 heterocycles. The minimum atomic E-state index is 0.798. The predicted octanol–water partition coefficient (Wildman–Crippen LogP) is 2.21. The molecule has 0 N–H and O–H groups in total. The van der Waals surface area contributed by atoms with Crippen molar-refractivity contribution in [2.75, 3.05) is 20.8 Å². The maximum Gasteiger partial charge on any atom is 0.161 e. The molecule has 1 aromatic carbocycles. The molecule has 0 aromatic heterocycles. The summed E-state index contributed by atoms with van der Waals surface area (Å²) in [7, 11) is 3.33. The third kappa shape index (κ3) is 1.85. The first-order valence-electron chi connectivity index (χ1n) is 5.39. The molecule has 0 amide bonds. The summed E-state index contributed by atoms with van der Waals surface area (Å²) >= 11 is 0. The number of fused-ring (bicyclic) bond motifs is 1. The van der Waals surface area contributed by atoms with E-state index in [-0.39, 0.29) is 0 Å². The third-order valence-electron chi connectivity index (χ3n) is 3.01. The Morgan fingerprint density at radius 2 is 1.81 bits per heavy atom. The summed E-state index contributed by atoms with van der Waals surface area (Å²) < 4.78 is 10.6. The van der Waals surface area contributed by atoms with Crippen LogP contribution in [0.15, 0.2) is 24.9 Å². The van der Waals surface area contributed by atoms with Crippen molar-refractivity contribution in [1.82, 2.24) is 4.90 Å². The van der Waals surface area contributed by atoms with Crippen LogP contribution in [0.2, 0.25) is 0 Å². The first-order chi connectivity index (χ1) is 7.78. The molecule has 0 fully saturated rings. The number of hydrogen-bond donors (Lipinski definition) is 0. The second-order valence-electron chi connectivity index (χ2n) is 3.88. The van der Waals surface area contributed by atoms with E-state index in [0.717, 1.165) is 31.0 Å². The topological polar surface area (TPSA) is 21.7 Å². The first-order valence-corrected chi connectivity index (χ1v) is 5.39. The molecule has 0 atom stereocenters. The number of benzene rings is 1. The molecule has 0 aliphatic carbocycles. The Hall–Kier alpha value is -1.64. The van der Waals surface area contributed by atoms with Crippen LogP contribution in [0.4, 0.5) is 0 Å². The Balaban J connectivity index is 2.37. The molecule has 16 heavy (non-hydrogen) atoms. The van der Waals surface area contributed by atoms with Crippen molar-refractivity contribution < 1.29 is 9.47 Å². The molecule has 0 spiro atoms. The average Bonchev–Trinajstić information content (AvgIpc) is 2.36. The van der Waals surface area contributed by atoms with Gasteiger partial charge < -0.3 is 14.4 Å². The van der Waals surface area contributed by atoms with E-state index in [4.69, 9.17) is 9.47 Å². The lowest BCUT2D eigenvalue weighted by Gasteiger charge is -2.28. The fourth-order valence-electron chi connectivity index (χ4n) is 2.06. The number of hydrogen-bond acceptors (Lipinski definition) is 3. The second kappa shape index (κ2) is 4.47. The zero-order valence-electron chi connectivity index (χ0n) is 9.82. The highest BCUT2D eigenvalue weighted by Gasteiger charge is 2.17. The van der Waals surface area contributed by atoms with Gasteiger partial charge in [0.15, 0.2) is 11.5 Å². The van der Waals surface area contributed by atoms with Crippen LogP contribution in [0.3, 0.4) is 0 Å². The molecule has 1 aliphatic rings. The Morgan fingerprint density at radius 1 is 1.19 bits per heavy atom. The van der Waals surface area contributed by atoms with Gasteiger partial charge in [-0.25, -0.2) is 0 Å². The van der Waals surface area contributed by atoms with Gasteiger partial charge >= 0.3 is 0 Å². The highest BCUT2D eigenvalue weighted by Crippen LogP contribution is 2.33. The highest BCUT2D eigenvalue weighted by atomic mass is 16.5. The fraction of sp³-hybridized carbons (Fsp3) is 0.385. The van der Waals surface area contributed by atoms with E-state index in [1.54, 1.807) is 14.2 Å². The summed E-state index contributed by atoms with van der Waals surface area (Å²) in [5.41, 5.74) is 2.64. The van der Waals surface area contributed by atoms with Gasteiger partial charge in [-0.1, -0.05) is 6.58 Å². The van der Waals surface area contributed by atoms with Crippen LogP contribution in [-0.4, -0.2) is 25.7 Å². The highest BCUT2D eigenvalue weighted by molar-refractivity contribution is 5.48. The minimum Gasteiger partial charge on any atom is -0.493 e. The van der Waals surface area contributed by atoms with Gasteiger partial charge in [-0.2, -0.15) is 0 Å². The van der Waals surface area contributed by atoms with Gasteiger partial charge in [-0.15, -0.1) is 0 Å². The van der Waals surface area contributed by atoms with Gasteiger partial charge in [0.2, 0.25) is 0 Å². The number of rotatable bonds is 3. The van der Waals surface area contributed by atoms with E-state index < -0.39 is 0 Å². The van der Waals surface area contributed by atoms with Gasteiger partial charge in [0.25, 0.3) is 0 Å². The molecule has 0 saturated heterocycles. The Kier molecular flexibility index (Phi) is 3.04. The number of ether oxygens (including phenoxy) is 2. The molecule has 3 heteroatoms. The SMILES string of the molecule is C=CN1CCc2cc(OC)c(OC)cc2C1. The quantitative estimate of drug-likeness (QED) is 0.778. The molecular weight excluding hydrogens is 202 g/mol. The first kappa shape index (κ1) is 10.9. The molecule has 3 nitrogen and oxygen atoms in total. The zero-order chi connectivity index (χ0) is 11.5. The van der Waals surface area contributed by atoms with E-state index in [2.05, 4.69) is 23.6 Å². The number of nitrogens with zero attached hydrogens (tertiary/aromatic N) is 1. The van der Waals surface area contributed by atoms with Gasteiger partial charge in [-0.05, 0) is 35.9 Å². The van der Waals surface area contributed by atoms with Crippen LogP contribution in [-0.2, 0) is 13.0 Å². The van der Waals surface area contributed by atoms with E-state index in [1.807, 2.05) is 6.20 Å². The third-order valence-corrected chi connectivity index (χ3v) is 3.01. The maximum absolute atomic E-state index is 5.30. The van der Waals surface area contributed by atoms with Crippen LogP contribution < -0.4 is 9.47 Å². The van der Waals surface area contributed by atoms with Crippen LogP contribution in [0.1, 0.15) is 11.1 Å². The second-order valence-corrected chi connectivity index (χ2v) is 3.88. The summed E-state index contributed by atoms with van der Waals surface area (Å²) in [6.07, 6.45) is 2.92. The zero-order valence-corrected chi connectivity index (χ0v) is 9.82. The summed E-state index contributed by atoms with van der Waals surface area (Å²) in [6.45, 7) is 5.73. The van der Waals surface area contributed by atoms with Crippen molar-refractivity contribution in [2.24, 2.45) is 0 Å². The molecular formula is C13H17NO2. The molecule has 0 radical (unpaired) electrons. The average molecular weight is 219 g/mol. The van der Waals surface area contributed by atoms with Crippen LogP contribution >= 0.6 is 0 Å². The summed E-state index contributed by atoms with van der Waals surface area (Å²) in [4.78, 5) is 2.20. The van der Waals surface area contributed by atoms with Gasteiger partial charge in [0.05, 0.1) is 14.2 Å². The van der Waals surface area contributed by atoms with Crippen molar-refractivity contribution in [3.05, 3.63) is 36.0 Å². The van der Waals surface area contributed by atoms with Crippen molar-refractivity contribution >= 4 is 0 Å². The smallest absolute Gasteiger partial charge is 0.161 e. The fourth-order valence-corrected chi connectivity index (χ4v) is 2.06. The summed E-state index contributed by atoms with van der Waals surface area (Å²) in [5.74, 6) is 1.61. The predicted molar refractivity (Wildman–Crippen MR) is 63.9 cm³/mol. The van der Waals surface area contributed by atoms with Crippen molar-refractivity contribution in [1.29, 1.82) is 0 Å². The Morgan fingerprint density at radius 3 is 2.38 bits per heavy atom. The van der Waals surface area contributed by atoms with E-state index in [9.17, 15) is 0 Å². The van der Waals surface area contributed by atoms with Gasteiger partial charge in [0.1, 0.15) is 0 Å². The Labute approximate surface area is 96.3 Å². The summed E-state index contributed by atoms with van der Waals surface area (Å²) in [5, 5.41) is 0. The van der Waals surface area contributed by atoms with Crippen LogP contribution in [0.25, 0.3) is 0 Å². The maximum atomic E-state index is 5.30. The molecule has 1 aromatic rings. The number of methoxy groups -OCH3 is 2. The largest absolute Gasteiger partial charge is 0.493 e. The lowest BCUT2D eigenvalue weighted by molar-refractivity contribution is 0.337. The molecule has 0 bridgehead atoms. The summed E-state index contributed by atoms with van der Waals surface area (Å²) in [6, 6.07) is 4.14. The van der Waals surface area contributed by atoms with E-state index in [0.29, 0.717) is 0 Å². The van der Waals surface area contributed by atoms with E-state index in [1.165, 1.54) is 11.1 Å². The minimum absolute atomic E-state index is 0.798. The van der Waals surface area contributed by atoms with Crippen molar-refractivity contribution in [3.63, 3.8) is 0 Å². The normalized spacial score (nSPS) is 14.2. The lowest BCUT2D eigenvalue weighted by Crippen LogP contribution is -2.25. The van der Waals surface area contributed by atoms with Crippen LogP contribution in [0.5, 0.6) is 11.5 Å². The lowest BCUT2D eigenvalue weighted by atomic mass is 9.99. The molecule has 86 valence electrons. The van der Waals surface area contributed by atoms with Gasteiger partial charge in [-0.3, -0.25) is 0 Å². The monoisotopic (exact) mass is 219 g/mol. The van der Waals surface area contributed by atoms with Crippen molar-refractivity contribution in [3.8, 4) is 11.5 Å². The van der Waals surface area contributed by atoms with E-state index >= 15 is 0 Å².